The molecule has 0 heterocycles. The third kappa shape index (κ3) is 2.75. The smallest absolute Gasteiger partial charge is 0.144 e. The van der Waals surface area contributed by atoms with Crippen LogP contribution >= 0.6 is 0 Å². The Kier molecular flexibility index (Phi) is 3.28. The van der Waals surface area contributed by atoms with Crippen molar-refractivity contribution in [2.24, 2.45) is 4.99 Å². The largest absolute Gasteiger partial charge is 0.508 e. The Morgan fingerprint density at radius 3 is 2.59 bits per heavy atom. The molecule has 2 nitrogen and oxygen atoms in total. The van der Waals surface area contributed by atoms with Crippen LogP contribution in [0.5, 0.6) is 5.75 Å². The highest BCUT2D eigenvalue weighted by Gasteiger charge is 2.02. The summed E-state index contributed by atoms with van der Waals surface area (Å²) in [6.07, 6.45) is 1.70. The minimum Gasteiger partial charge on any atom is -0.508 e. The van der Waals surface area contributed by atoms with Crippen LogP contribution in [0, 0.1) is 6.92 Å². The van der Waals surface area contributed by atoms with E-state index in [1.807, 2.05) is 57.2 Å². The molecule has 0 aliphatic rings. The summed E-state index contributed by atoms with van der Waals surface area (Å²) >= 11 is 0. The molecule has 2 rings (SSSR count). The molecule has 2 aromatic rings. The zero-order chi connectivity index (χ0) is 12.3. The minimum absolute atomic E-state index is 0.301. The fourth-order valence-electron chi connectivity index (χ4n) is 1.75. The van der Waals surface area contributed by atoms with Gasteiger partial charge in [0.05, 0.1) is 5.69 Å². The van der Waals surface area contributed by atoms with Gasteiger partial charge in [-0.05, 0) is 30.6 Å². The van der Waals surface area contributed by atoms with Crippen LogP contribution in [0.15, 0.2) is 47.5 Å². The number of rotatable bonds is 2. The average Bonchev–Trinajstić information content (AvgIpc) is 2.33. The molecule has 0 aliphatic heterocycles. The molecule has 0 radical (unpaired) electrons. The van der Waals surface area contributed by atoms with Crippen molar-refractivity contribution in [1.29, 1.82) is 0 Å². The van der Waals surface area contributed by atoms with E-state index < -0.39 is 0 Å². The van der Waals surface area contributed by atoms with Gasteiger partial charge >= 0.3 is 0 Å². The first-order valence-corrected chi connectivity index (χ1v) is 5.56. The summed E-state index contributed by atoms with van der Waals surface area (Å²) in [6, 6.07) is 13.6. The molecule has 0 saturated heterocycles. The molecule has 0 saturated carbocycles. The first kappa shape index (κ1) is 11.5. The van der Waals surface area contributed by atoms with Gasteiger partial charge in [0.15, 0.2) is 0 Å². The molecule has 0 atom stereocenters. The maximum Gasteiger partial charge on any atom is 0.144 e. The lowest BCUT2D eigenvalue weighted by Crippen LogP contribution is -2.06. The maximum atomic E-state index is 9.91. The Bertz CT molecular complexity index is 550. The van der Waals surface area contributed by atoms with Gasteiger partial charge in [-0.15, -0.1) is 0 Å². The molecule has 3 heteroatoms. The van der Waals surface area contributed by atoms with Crippen LogP contribution in [0.25, 0.3) is 0 Å². The molecule has 84 valence electrons. The zero-order valence-electron chi connectivity index (χ0n) is 10.0. The number of para-hydroxylation sites is 1. The van der Waals surface area contributed by atoms with E-state index in [1.165, 1.54) is 0 Å². The molecular weight excluding hydrogens is 209 g/mol. The van der Waals surface area contributed by atoms with E-state index in [1.54, 1.807) is 6.21 Å². The number of phenolic OH excluding ortho intramolecular Hbond substituents is 1. The molecular formula is C14H14BNO. The van der Waals surface area contributed by atoms with Crippen molar-refractivity contribution in [2.45, 2.75) is 6.92 Å². The number of hydrogen-bond acceptors (Lipinski definition) is 2. The second kappa shape index (κ2) is 4.87. The third-order valence-electron chi connectivity index (χ3n) is 2.58. The SMILES string of the molecule is Bc1cc(C)cc(/C=N/c2ccccc2)c1O. The number of nitrogens with zero attached hydrogens (tertiary/aromatic N) is 1. The summed E-state index contributed by atoms with van der Waals surface area (Å²) < 4.78 is 0. The van der Waals surface area contributed by atoms with Crippen molar-refractivity contribution >= 4 is 25.2 Å². The summed E-state index contributed by atoms with van der Waals surface area (Å²) in [6.45, 7) is 2.01. The lowest BCUT2D eigenvalue weighted by atomic mass is 9.91. The van der Waals surface area contributed by atoms with Crippen molar-refractivity contribution in [3.63, 3.8) is 0 Å². The first-order valence-electron chi connectivity index (χ1n) is 5.56. The predicted octanol–water partition coefficient (Wildman–Crippen LogP) is 1.71. The lowest BCUT2D eigenvalue weighted by Gasteiger charge is -2.04. The molecule has 0 amide bonds. The molecule has 0 aliphatic carbocycles. The standard InChI is InChI=1S/C14H14BNO/c1-10-7-11(14(17)13(15)8-10)9-16-12-5-3-2-4-6-12/h2-9,17H,15H2,1H3/b16-9+. The number of aryl methyl sites for hydroxylation is 1. The number of aromatic hydroxyl groups is 1. The highest BCUT2D eigenvalue weighted by molar-refractivity contribution is 6.34. The van der Waals surface area contributed by atoms with E-state index in [4.69, 9.17) is 0 Å². The number of phenols is 1. The van der Waals surface area contributed by atoms with E-state index in [9.17, 15) is 5.11 Å². The van der Waals surface area contributed by atoms with Crippen LogP contribution < -0.4 is 5.46 Å². The first-order chi connectivity index (χ1) is 8.16. The lowest BCUT2D eigenvalue weighted by molar-refractivity contribution is 0.478. The Balaban J connectivity index is 2.33. The van der Waals surface area contributed by atoms with E-state index in [0.29, 0.717) is 5.75 Å². The molecule has 2 aromatic carbocycles. The number of benzene rings is 2. The number of aliphatic imine (C=N–C) groups is 1. The molecule has 0 bridgehead atoms. The zero-order valence-corrected chi connectivity index (χ0v) is 10.0. The van der Waals surface area contributed by atoms with Crippen LogP contribution in [-0.4, -0.2) is 19.2 Å². The normalized spacial score (nSPS) is 10.9. The van der Waals surface area contributed by atoms with Crippen molar-refractivity contribution in [2.75, 3.05) is 0 Å². The van der Waals surface area contributed by atoms with Gasteiger partial charge in [0.2, 0.25) is 0 Å². The van der Waals surface area contributed by atoms with Gasteiger partial charge in [0.1, 0.15) is 13.6 Å². The Labute approximate surface area is 102 Å². The van der Waals surface area contributed by atoms with Crippen molar-refractivity contribution in [1.82, 2.24) is 0 Å². The summed E-state index contributed by atoms with van der Waals surface area (Å²) in [5.74, 6) is 0.301. The van der Waals surface area contributed by atoms with Gasteiger partial charge in [-0.3, -0.25) is 4.99 Å². The summed E-state index contributed by atoms with van der Waals surface area (Å²) in [4.78, 5) is 4.33. The summed E-state index contributed by atoms with van der Waals surface area (Å²) in [5, 5.41) is 9.91. The Hall–Kier alpha value is -2.03. The summed E-state index contributed by atoms with van der Waals surface area (Å²) in [5.41, 5.74) is 3.63. The molecule has 0 spiro atoms. The molecule has 1 N–H and O–H groups in total. The van der Waals surface area contributed by atoms with Gasteiger partial charge in [-0.25, -0.2) is 0 Å². The summed E-state index contributed by atoms with van der Waals surface area (Å²) in [7, 11) is 1.89. The van der Waals surface area contributed by atoms with E-state index in [2.05, 4.69) is 4.99 Å². The highest BCUT2D eigenvalue weighted by Crippen LogP contribution is 2.15. The van der Waals surface area contributed by atoms with Crippen LogP contribution in [0.2, 0.25) is 0 Å². The fraction of sp³-hybridized carbons (Fsp3) is 0.0714. The number of hydrogen-bond donors (Lipinski definition) is 1. The van der Waals surface area contributed by atoms with Crippen molar-refractivity contribution < 1.29 is 5.11 Å². The predicted molar refractivity (Wildman–Crippen MR) is 74.7 cm³/mol. The van der Waals surface area contributed by atoms with E-state index >= 15 is 0 Å². The Morgan fingerprint density at radius 1 is 1.18 bits per heavy atom. The molecule has 0 fully saturated rings. The van der Waals surface area contributed by atoms with E-state index in [-0.39, 0.29) is 0 Å². The van der Waals surface area contributed by atoms with Gasteiger partial charge in [0, 0.05) is 11.8 Å². The minimum atomic E-state index is 0.301. The van der Waals surface area contributed by atoms with Crippen molar-refractivity contribution in [3.8, 4) is 5.75 Å². The Morgan fingerprint density at radius 2 is 1.88 bits per heavy atom. The average molecular weight is 223 g/mol. The van der Waals surface area contributed by atoms with Crippen LogP contribution in [-0.2, 0) is 0 Å². The van der Waals surface area contributed by atoms with Gasteiger partial charge < -0.3 is 5.11 Å². The second-order valence-electron chi connectivity index (χ2n) is 4.11. The van der Waals surface area contributed by atoms with Gasteiger partial charge in [0.25, 0.3) is 0 Å². The highest BCUT2D eigenvalue weighted by atomic mass is 16.3. The van der Waals surface area contributed by atoms with Crippen LogP contribution in [0.3, 0.4) is 0 Å². The molecule has 0 aromatic heterocycles. The van der Waals surface area contributed by atoms with E-state index in [0.717, 1.165) is 22.3 Å². The fourth-order valence-corrected chi connectivity index (χ4v) is 1.75. The second-order valence-corrected chi connectivity index (χ2v) is 4.11. The van der Waals surface area contributed by atoms with Gasteiger partial charge in [-0.1, -0.05) is 29.8 Å². The van der Waals surface area contributed by atoms with Gasteiger partial charge in [-0.2, -0.15) is 0 Å². The topological polar surface area (TPSA) is 32.6 Å². The molecule has 0 unspecified atom stereocenters. The molecule has 17 heavy (non-hydrogen) atoms. The van der Waals surface area contributed by atoms with Crippen LogP contribution in [0.4, 0.5) is 5.69 Å². The maximum absolute atomic E-state index is 9.91. The van der Waals surface area contributed by atoms with Crippen molar-refractivity contribution in [3.05, 3.63) is 53.6 Å². The quantitative estimate of drug-likeness (QED) is 0.610. The third-order valence-corrected chi connectivity index (χ3v) is 2.58. The monoisotopic (exact) mass is 223 g/mol. The van der Waals surface area contributed by atoms with Crippen LogP contribution in [0.1, 0.15) is 11.1 Å².